The molecule has 5 heteroatoms. The van der Waals surface area contributed by atoms with E-state index in [9.17, 15) is 13.2 Å². The summed E-state index contributed by atoms with van der Waals surface area (Å²) in [5.74, 6) is 0.898. The minimum Gasteiger partial charge on any atom is -0.427 e. The molecule has 0 saturated carbocycles. The molecule has 4 nitrogen and oxygen atoms in total. The van der Waals surface area contributed by atoms with Gasteiger partial charge in [-0.2, -0.15) is 0 Å². The Bertz CT molecular complexity index is 737. The Hall–Kier alpha value is -2.14. The standard InChI is InChI=1S/C10H12O4S.C10H14/c1-2-7-15(12,13)10-6-4-3-5-9(10)14-8-11;1-9(2)8-10-6-4-3-5-7-10/h3-6,8H,2,7H2,1H3;3-7,9H,8H2,1-2H3. The summed E-state index contributed by atoms with van der Waals surface area (Å²) >= 11 is 0. The van der Waals surface area contributed by atoms with E-state index in [1.165, 1.54) is 24.1 Å². The van der Waals surface area contributed by atoms with Crippen LogP contribution >= 0.6 is 0 Å². The van der Waals surface area contributed by atoms with Gasteiger partial charge < -0.3 is 4.74 Å². The van der Waals surface area contributed by atoms with Crippen molar-refractivity contribution in [3.05, 3.63) is 60.2 Å². The van der Waals surface area contributed by atoms with Gasteiger partial charge in [-0.3, -0.25) is 4.79 Å². The third-order valence-electron chi connectivity index (χ3n) is 3.32. The molecule has 136 valence electrons. The summed E-state index contributed by atoms with van der Waals surface area (Å²) in [6.07, 6.45) is 1.72. The van der Waals surface area contributed by atoms with Crippen molar-refractivity contribution in [1.29, 1.82) is 0 Å². The summed E-state index contributed by atoms with van der Waals surface area (Å²) in [5, 5.41) is 0. The Morgan fingerprint density at radius 1 is 1.00 bits per heavy atom. The highest BCUT2D eigenvalue weighted by molar-refractivity contribution is 7.91. The second-order valence-corrected chi connectivity index (χ2v) is 8.14. The highest BCUT2D eigenvalue weighted by atomic mass is 32.2. The van der Waals surface area contributed by atoms with Crippen LogP contribution in [-0.4, -0.2) is 20.6 Å². The van der Waals surface area contributed by atoms with Crippen LogP contribution in [0, 0.1) is 5.92 Å². The zero-order valence-corrected chi connectivity index (χ0v) is 15.8. The number of carbonyl (C=O) groups excluding carboxylic acids is 1. The van der Waals surface area contributed by atoms with Gasteiger partial charge in [-0.15, -0.1) is 0 Å². The minimum atomic E-state index is -3.35. The number of carbonyl (C=O) groups is 1. The Labute approximate surface area is 150 Å². The molecule has 0 aliphatic rings. The van der Waals surface area contributed by atoms with Crippen molar-refractivity contribution >= 4 is 16.3 Å². The summed E-state index contributed by atoms with van der Waals surface area (Å²) in [6, 6.07) is 16.7. The lowest BCUT2D eigenvalue weighted by molar-refractivity contribution is -0.120. The Balaban J connectivity index is 0.000000271. The molecule has 0 heterocycles. The van der Waals surface area contributed by atoms with Crippen molar-refractivity contribution in [2.45, 2.75) is 38.5 Å². The molecule has 0 unspecified atom stereocenters. The lowest BCUT2D eigenvalue weighted by Crippen LogP contribution is -2.08. The largest absolute Gasteiger partial charge is 0.427 e. The molecule has 0 atom stereocenters. The number of hydrogen-bond acceptors (Lipinski definition) is 4. The fraction of sp³-hybridized carbons (Fsp3) is 0.350. The number of benzene rings is 2. The van der Waals surface area contributed by atoms with Crippen LogP contribution < -0.4 is 4.74 Å². The molecule has 0 N–H and O–H groups in total. The molecule has 0 aliphatic heterocycles. The highest BCUT2D eigenvalue weighted by Gasteiger charge is 2.18. The van der Waals surface area contributed by atoms with Crippen LogP contribution in [0.1, 0.15) is 32.8 Å². The molecule has 0 saturated heterocycles. The van der Waals surface area contributed by atoms with Gasteiger partial charge in [0.05, 0.1) is 5.75 Å². The van der Waals surface area contributed by atoms with Crippen molar-refractivity contribution < 1.29 is 17.9 Å². The van der Waals surface area contributed by atoms with E-state index in [4.69, 9.17) is 0 Å². The van der Waals surface area contributed by atoms with E-state index < -0.39 is 9.84 Å². The van der Waals surface area contributed by atoms with E-state index in [0.717, 1.165) is 5.92 Å². The van der Waals surface area contributed by atoms with Gasteiger partial charge in [0, 0.05) is 0 Å². The van der Waals surface area contributed by atoms with Gasteiger partial charge in [-0.05, 0) is 36.5 Å². The number of para-hydroxylation sites is 1. The van der Waals surface area contributed by atoms with E-state index >= 15 is 0 Å². The maximum Gasteiger partial charge on any atom is 0.298 e. The summed E-state index contributed by atoms with van der Waals surface area (Å²) in [4.78, 5) is 10.3. The molecule has 0 aliphatic carbocycles. The van der Waals surface area contributed by atoms with Crippen molar-refractivity contribution in [3.63, 3.8) is 0 Å². The van der Waals surface area contributed by atoms with Gasteiger partial charge in [0.25, 0.3) is 6.47 Å². The van der Waals surface area contributed by atoms with E-state index in [1.54, 1.807) is 19.1 Å². The van der Waals surface area contributed by atoms with E-state index in [0.29, 0.717) is 6.42 Å². The van der Waals surface area contributed by atoms with Crippen molar-refractivity contribution in [2.24, 2.45) is 5.92 Å². The maximum atomic E-state index is 11.7. The second kappa shape index (κ2) is 10.7. The van der Waals surface area contributed by atoms with Gasteiger partial charge in [0.2, 0.25) is 0 Å². The zero-order chi connectivity index (χ0) is 18.7. The van der Waals surface area contributed by atoms with E-state index in [-0.39, 0.29) is 22.9 Å². The van der Waals surface area contributed by atoms with Gasteiger partial charge in [-0.25, -0.2) is 8.42 Å². The van der Waals surface area contributed by atoms with E-state index in [1.807, 2.05) is 0 Å². The van der Waals surface area contributed by atoms with Crippen molar-refractivity contribution in [3.8, 4) is 5.75 Å². The first-order chi connectivity index (χ1) is 11.9. The summed E-state index contributed by atoms with van der Waals surface area (Å²) < 4.78 is 28.1. The van der Waals surface area contributed by atoms with Gasteiger partial charge in [0.15, 0.2) is 9.84 Å². The predicted molar refractivity (Wildman–Crippen MR) is 100 cm³/mol. The molecule has 25 heavy (non-hydrogen) atoms. The maximum absolute atomic E-state index is 11.7. The first kappa shape index (κ1) is 20.9. The average molecular weight is 362 g/mol. The Kier molecular flexibility index (Phi) is 8.92. The highest BCUT2D eigenvalue weighted by Crippen LogP contribution is 2.24. The van der Waals surface area contributed by atoms with Crippen molar-refractivity contribution in [2.75, 3.05) is 5.75 Å². The number of hydrogen-bond donors (Lipinski definition) is 0. The molecule has 0 radical (unpaired) electrons. The van der Waals surface area contributed by atoms with Crippen molar-refractivity contribution in [1.82, 2.24) is 0 Å². The van der Waals surface area contributed by atoms with Gasteiger partial charge >= 0.3 is 0 Å². The molecule has 2 aromatic carbocycles. The van der Waals surface area contributed by atoms with Crippen LogP contribution in [-0.2, 0) is 21.1 Å². The normalized spacial score (nSPS) is 10.7. The summed E-state index contributed by atoms with van der Waals surface area (Å²) in [5.41, 5.74) is 1.44. The molecular formula is C20H26O4S. The molecule has 0 spiro atoms. The lowest BCUT2D eigenvalue weighted by Gasteiger charge is -2.06. The second-order valence-electron chi connectivity index (χ2n) is 6.06. The fourth-order valence-corrected chi connectivity index (χ4v) is 3.79. The smallest absolute Gasteiger partial charge is 0.298 e. The quantitative estimate of drug-likeness (QED) is 0.689. The topological polar surface area (TPSA) is 60.4 Å². The number of ether oxygens (including phenoxy) is 1. The van der Waals surface area contributed by atoms with Gasteiger partial charge in [0.1, 0.15) is 10.6 Å². The Morgan fingerprint density at radius 2 is 1.60 bits per heavy atom. The van der Waals surface area contributed by atoms with Crippen LogP contribution in [0.2, 0.25) is 0 Å². The molecule has 0 bridgehead atoms. The molecule has 0 amide bonds. The van der Waals surface area contributed by atoms with Crippen LogP contribution in [0.5, 0.6) is 5.75 Å². The molecule has 0 fully saturated rings. The van der Waals surface area contributed by atoms with Crippen LogP contribution in [0.4, 0.5) is 0 Å². The third kappa shape index (κ3) is 7.52. The lowest BCUT2D eigenvalue weighted by atomic mass is 10.0. The van der Waals surface area contributed by atoms with E-state index in [2.05, 4.69) is 48.9 Å². The van der Waals surface area contributed by atoms with Crippen LogP contribution in [0.15, 0.2) is 59.5 Å². The monoisotopic (exact) mass is 362 g/mol. The predicted octanol–water partition coefficient (Wildman–Crippen LogP) is 4.29. The summed E-state index contributed by atoms with van der Waals surface area (Å²) in [6.45, 7) is 6.49. The first-order valence-corrected chi connectivity index (χ1v) is 10.0. The minimum absolute atomic E-state index is 0.0478. The third-order valence-corrected chi connectivity index (χ3v) is 5.27. The molecular weight excluding hydrogens is 336 g/mol. The molecule has 2 aromatic rings. The number of sulfone groups is 1. The SMILES string of the molecule is CC(C)Cc1ccccc1.CCCS(=O)(=O)c1ccccc1OC=O. The zero-order valence-electron chi connectivity index (χ0n) is 15.0. The fourth-order valence-electron chi connectivity index (χ4n) is 2.32. The average Bonchev–Trinajstić information content (AvgIpc) is 2.56. The number of rotatable bonds is 7. The Morgan fingerprint density at radius 3 is 2.16 bits per heavy atom. The first-order valence-electron chi connectivity index (χ1n) is 8.36. The molecule has 0 aromatic heterocycles. The molecule has 2 rings (SSSR count). The van der Waals surface area contributed by atoms with Crippen LogP contribution in [0.3, 0.4) is 0 Å². The van der Waals surface area contributed by atoms with Gasteiger partial charge in [-0.1, -0.05) is 63.2 Å². The van der Waals surface area contributed by atoms with Crippen LogP contribution in [0.25, 0.3) is 0 Å². The summed E-state index contributed by atoms with van der Waals surface area (Å²) in [7, 11) is -3.35.